The van der Waals surface area contributed by atoms with Gasteiger partial charge < -0.3 is 9.47 Å². The largest absolute Gasteiger partial charge is 0.415 e. The average molecular weight is 220 g/mol. The van der Waals surface area contributed by atoms with Crippen LogP contribution in [0.4, 0.5) is 0 Å². The molecule has 0 bridgehead atoms. The fraction of sp³-hybridized carbons (Fsp3) is 0.200. The van der Waals surface area contributed by atoms with Crippen LogP contribution in [-0.2, 0) is 19.1 Å². The van der Waals surface area contributed by atoms with Crippen molar-refractivity contribution in [2.45, 2.75) is 13.8 Å². The monoisotopic (exact) mass is 220 g/mol. The predicted octanol–water partition coefficient (Wildman–Crippen LogP) is 0.928. The molecule has 16 heavy (non-hydrogen) atoms. The van der Waals surface area contributed by atoms with Gasteiger partial charge in [-0.15, -0.1) is 0 Å². The zero-order valence-electron chi connectivity index (χ0n) is 8.68. The van der Waals surface area contributed by atoms with E-state index in [-0.39, 0.29) is 11.5 Å². The van der Waals surface area contributed by atoms with Crippen molar-refractivity contribution in [1.29, 1.82) is 10.5 Å². The van der Waals surface area contributed by atoms with E-state index in [4.69, 9.17) is 10.5 Å². The topological polar surface area (TPSA) is 100 Å². The van der Waals surface area contributed by atoms with Crippen LogP contribution in [0, 0.1) is 22.7 Å². The molecule has 0 aliphatic rings. The first kappa shape index (κ1) is 13.4. The molecule has 0 aromatic rings. The van der Waals surface area contributed by atoms with Gasteiger partial charge in [0.05, 0.1) is 0 Å². The number of esters is 2. The van der Waals surface area contributed by atoms with Gasteiger partial charge >= 0.3 is 11.9 Å². The number of carbonyl (C=O) groups excluding carboxylic acids is 2. The van der Waals surface area contributed by atoms with Crippen LogP contribution in [0.1, 0.15) is 13.8 Å². The highest BCUT2D eigenvalue weighted by atomic mass is 16.5. The van der Waals surface area contributed by atoms with Crippen LogP contribution in [0.5, 0.6) is 0 Å². The van der Waals surface area contributed by atoms with Crippen molar-refractivity contribution in [2.75, 3.05) is 0 Å². The lowest BCUT2D eigenvalue weighted by Gasteiger charge is -1.97. The van der Waals surface area contributed by atoms with Crippen LogP contribution in [-0.4, -0.2) is 11.9 Å². The Hall–Kier alpha value is -2.60. The van der Waals surface area contributed by atoms with Gasteiger partial charge in [0.2, 0.25) is 11.5 Å². The molecule has 0 aliphatic carbocycles. The molecule has 0 aromatic carbocycles. The first-order valence-corrected chi connectivity index (χ1v) is 4.08. The van der Waals surface area contributed by atoms with Crippen LogP contribution >= 0.6 is 0 Å². The van der Waals surface area contributed by atoms with Gasteiger partial charge in [0, 0.05) is 13.8 Å². The molecule has 0 heterocycles. The van der Waals surface area contributed by atoms with Crippen molar-refractivity contribution >= 4 is 11.9 Å². The standard InChI is InChI=1S/C10H8N2O4/c1-7(13)15-9(5-11)3-4-10(6-12)16-8(2)14/h3-4H,1-2H3/b9-3+,10-4+. The molecule has 0 unspecified atom stereocenters. The summed E-state index contributed by atoms with van der Waals surface area (Å²) in [5.41, 5.74) is 0. The van der Waals surface area contributed by atoms with Crippen molar-refractivity contribution in [1.82, 2.24) is 0 Å². The summed E-state index contributed by atoms with van der Waals surface area (Å²) < 4.78 is 8.93. The molecule has 0 N–H and O–H groups in total. The second-order valence-corrected chi connectivity index (χ2v) is 2.47. The third-order valence-corrected chi connectivity index (χ3v) is 1.11. The van der Waals surface area contributed by atoms with Crippen LogP contribution in [0.25, 0.3) is 0 Å². The SMILES string of the molecule is CC(=O)O/C(C#N)=C/C=C(\C#N)OC(C)=O. The van der Waals surface area contributed by atoms with Crippen molar-refractivity contribution in [3.05, 3.63) is 23.7 Å². The first-order valence-electron chi connectivity index (χ1n) is 4.08. The summed E-state index contributed by atoms with van der Waals surface area (Å²) in [5, 5.41) is 17.1. The Morgan fingerprint density at radius 2 is 1.25 bits per heavy atom. The summed E-state index contributed by atoms with van der Waals surface area (Å²) in [5.74, 6) is -1.92. The van der Waals surface area contributed by atoms with Gasteiger partial charge in [-0.05, 0) is 12.2 Å². The van der Waals surface area contributed by atoms with E-state index in [0.717, 1.165) is 26.0 Å². The number of allylic oxidation sites excluding steroid dienone is 4. The van der Waals surface area contributed by atoms with Crippen LogP contribution in [0.3, 0.4) is 0 Å². The Kier molecular flexibility index (Phi) is 5.69. The number of nitriles is 2. The van der Waals surface area contributed by atoms with E-state index in [1.807, 2.05) is 0 Å². The predicted molar refractivity (Wildman–Crippen MR) is 50.9 cm³/mol. The van der Waals surface area contributed by atoms with E-state index in [1.54, 1.807) is 12.1 Å². The van der Waals surface area contributed by atoms with Gasteiger partial charge in [-0.25, -0.2) is 0 Å². The minimum Gasteiger partial charge on any atom is -0.415 e. The number of rotatable bonds is 3. The zero-order valence-corrected chi connectivity index (χ0v) is 8.68. The molecule has 0 amide bonds. The Morgan fingerprint density at radius 1 is 0.938 bits per heavy atom. The summed E-state index contributed by atoms with van der Waals surface area (Å²) in [7, 11) is 0. The molecule has 6 heteroatoms. The Balaban J connectivity index is 4.80. The second-order valence-electron chi connectivity index (χ2n) is 2.47. The summed E-state index contributed by atoms with van der Waals surface area (Å²) in [4.78, 5) is 21.0. The number of ether oxygens (including phenoxy) is 2. The van der Waals surface area contributed by atoms with Gasteiger partial charge in [-0.3, -0.25) is 9.59 Å². The van der Waals surface area contributed by atoms with Crippen LogP contribution in [0.15, 0.2) is 23.7 Å². The van der Waals surface area contributed by atoms with Gasteiger partial charge in [-0.2, -0.15) is 10.5 Å². The minimum absolute atomic E-state index is 0.299. The minimum atomic E-state index is -0.660. The lowest BCUT2D eigenvalue weighted by atomic mass is 10.4. The van der Waals surface area contributed by atoms with E-state index in [2.05, 4.69) is 9.47 Å². The smallest absolute Gasteiger partial charge is 0.308 e. The highest BCUT2D eigenvalue weighted by Gasteiger charge is 2.02. The molecule has 0 radical (unpaired) electrons. The first-order chi connectivity index (χ1) is 7.49. The third kappa shape index (κ3) is 5.95. The molecule has 0 atom stereocenters. The summed E-state index contributed by atoms with van der Waals surface area (Å²) in [6, 6.07) is 3.18. The lowest BCUT2D eigenvalue weighted by Crippen LogP contribution is -1.98. The molecule has 0 spiro atoms. The van der Waals surface area contributed by atoms with E-state index in [9.17, 15) is 9.59 Å². The highest BCUT2D eigenvalue weighted by Crippen LogP contribution is 2.01. The molecule has 82 valence electrons. The summed E-state index contributed by atoms with van der Waals surface area (Å²) in [6.45, 7) is 2.26. The molecule has 0 aliphatic heterocycles. The maximum absolute atomic E-state index is 10.5. The molecule has 0 saturated heterocycles. The van der Waals surface area contributed by atoms with Crippen molar-refractivity contribution in [2.24, 2.45) is 0 Å². The fourth-order valence-electron chi connectivity index (χ4n) is 0.649. The quantitative estimate of drug-likeness (QED) is 0.303. The number of carbonyl (C=O) groups is 2. The third-order valence-electron chi connectivity index (χ3n) is 1.11. The molecule has 0 aromatic heterocycles. The van der Waals surface area contributed by atoms with Crippen molar-refractivity contribution in [3.63, 3.8) is 0 Å². The number of hydrogen-bond acceptors (Lipinski definition) is 6. The van der Waals surface area contributed by atoms with Crippen LogP contribution in [0.2, 0.25) is 0 Å². The average Bonchev–Trinajstić information content (AvgIpc) is 2.20. The zero-order chi connectivity index (χ0) is 12.6. The molecule has 0 saturated carbocycles. The van der Waals surface area contributed by atoms with E-state index < -0.39 is 11.9 Å². The Morgan fingerprint density at radius 3 is 1.44 bits per heavy atom. The molecule has 6 nitrogen and oxygen atoms in total. The molecule has 0 rings (SSSR count). The fourth-order valence-corrected chi connectivity index (χ4v) is 0.649. The van der Waals surface area contributed by atoms with Gasteiger partial charge in [-0.1, -0.05) is 0 Å². The number of hydrogen-bond donors (Lipinski definition) is 0. The van der Waals surface area contributed by atoms with Crippen LogP contribution < -0.4 is 0 Å². The molecular weight excluding hydrogens is 212 g/mol. The van der Waals surface area contributed by atoms with Crippen molar-refractivity contribution in [3.8, 4) is 12.1 Å². The van der Waals surface area contributed by atoms with Gasteiger partial charge in [0.15, 0.2) is 0 Å². The Bertz CT molecular complexity index is 393. The van der Waals surface area contributed by atoms with Crippen molar-refractivity contribution < 1.29 is 19.1 Å². The maximum atomic E-state index is 10.5. The summed E-state index contributed by atoms with van der Waals surface area (Å²) >= 11 is 0. The van der Waals surface area contributed by atoms with Gasteiger partial charge in [0.25, 0.3) is 0 Å². The lowest BCUT2D eigenvalue weighted by molar-refractivity contribution is -0.137. The van der Waals surface area contributed by atoms with E-state index in [1.165, 1.54) is 0 Å². The Labute approximate surface area is 92.0 Å². The summed E-state index contributed by atoms with van der Waals surface area (Å²) in [6.07, 6.45) is 2.12. The molecular formula is C10H8N2O4. The molecule has 0 fully saturated rings. The van der Waals surface area contributed by atoms with Gasteiger partial charge in [0.1, 0.15) is 12.1 Å². The normalized spacial score (nSPS) is 11.0. The van der Waals surface area contributed by atoms with E-state index >= 15 is 0 Å². The highest BCUT2D eigenvalue weighted by molar-refractivity contribution is 5.68. The second kappa shape index (κ2) is 6.80. The van der Waals surface area contributed by atoms with E-state index in [0.29, 0.717) is 0 Å². The maximum Gasteiger partial charge on any atom is 0.308 e. The number of nitrogens with zero attached hydrogens (tertiary/aromatic N) is 2.